The maximum Gasteiger partial charge on any atom is 0.320 e. The molecule has 0 unspecified atom stereocenters. The van der Waals surface area contributed by atoms with E-state index in [0.29, 0.717) is 13.0 Å². The van der Waals surface area contributed by atoms with Crippen LogP contribution in [0.2, 0.25) is 0 Å². The molecule has 2 N–H and O–H groups in total. The van der Waals surface area contributed by atoms with E-state index in [-0.39, 0.29) is 12.0 Å². The summed E-state index contributed by atoms with van der Waals surface area (Å²) < 4.78 is 0. The highest BCUT2D eigenvalue weighted by Crippen LogP contribution is 2.11. The Labute approximate surface area is 64.4 Å². The van der Waals surface area contributed by atoms with Gasteiger partial charge in [0.05, 0.1) is 0 Å². The molecule has 0 saturated carbocycles. The molecule has 1 aliphatic rings. The van der Waals surface area contributed by atoms with Crippen molar-refractivity contribution in [2.75, 3.05) is 6.54 Å². The van der Waals surface area contributed by atoms with Crippen LogP contribution in [-0.4, -0.2) is 29.0 Å². The lowest BCUT2D eigenvalue weighted by molar-refractivity contribution is -0.139. The maximum atomic E-state index is 10.4. The molecular formula is C6H9NO2S. The highest BCUT2D eigenvalue weighted by atomic mass is 32.1. The third-order valence-corrected chi connectivity index (χ3v) is 2.04. The Kier molecular flexibility index (Phi) is 2.34. The highest BCUT2D eigenvalue weighted by Gasteiger charge is 2.27. The Morgan fingerprint density at radius 2 is 2.50 bits per heavy atom. The quantitative estimate of drug-likeness (QED) is 0.559. The summed E-state index contributed by atoms with van der Waals surface area (Å²) >= 11 is 4.69. The second-order valence-electron chi connectivity index (χ2n) is 2.43. The van der Waals surface area contributed by atoms with Gasteiger partial charge in [-0.3, -0.25) is 4.79 Å². The second kappa shape index (κ2) is 3.07. The Morgan fingerprint density at radius 3 is 2.80 bits per heavy atom. The SMILES string of the molecule is O=C(O)[C@@H]1C[C@@H](C=S)CN1. The first-order chi connectivity index (χ1) is 4.74. The number of carboxylic acids is 1. The maximum absolute atomic E-state index is 10.4. The number of carboxylic acid groups (broad SMARTS) is 1. The van der Waals surface area contributed by atoms with Gasteiger partial charge in [-0.2, -0.15) is 0 Å². The number of aliphatic carboxylic acids is 1. The minimum atomic E-state index is -0.778. The van der Waals surface area contributed by atoms with Gasteiger partial charge in [-0.15, -0.1) is 0 Å². The fraction of sp³-hybridized carbons (Fsp3) is 0.667. The van der Waals surface area contributed by atoms with Crippen molar-refractivity contribution < 1.29 is 9.90 Å². The van der Waals surface area contributed by atoms with E-state index in [4.69, 9.17) is 17.3 Å². The largest absolute Gasteiger partial charge is 0.480 e. The molecule has 1 saturated heterocycles. The second-order valence-corrected chi connectivity index (χ2v) is 2.70. The van der Waals surface area contributed by atoms with Crippen molar-refractivity contribution in [2.45, 2.75) is 12.5 Å². The van der Waals surface area contributed by atoms with E-state index in [1.807, 2.05) is 0 Å². The minimum Gasteiger partial charge on any atom is -0.480 e. The zero-order valence-electron chi connectivity index (χ0n) is 5.41. The van der Waals surface area contributed by atoms with Gasteiger partial charge in [0.15, 0.2) is 0 Å². The van der Waals surface area contributed by atoms with Crippen LogP contribution in [0, 0.1) is 5.92 Å². The van der Waals surface area contributed by atoms with Gasteiger partial charge in [0.25, 0.3) is 0 Å². The van der Waals surface area contributed by atoms with E-state index in [1.165, 1.54) is 0 Å². The van der Waals surface area contributed by atoms with Crippen LogP contribution in [0.1, 0.15) is 6.42 Å². The molecule has 0 aromatic carbocycles. The molecule has 0 aromatic rings. The Bertz CT molecular complexity index is 160. The van der Waals surface area contributed by atoms with Crippen LogP contribution in [-0.2, 0) is 4.79 Å². The fourth-order valence-corrected chi connectivity index (χ4v) is 1.26. The Hall–Kier alpha value is -0.480. The molecule has 0 bridgehead atoms. The van der Waals surface area contributed by atoms with Gasteiger partial charge >= 0.3 is 5.97 Å². The molecule has 3 nitrogen and oxygen atoms in total. The van der Waals surface area contributed by atoms with Crippen molar-refractivity contribution in [3.8, 4) is 0 Å². The molecule has 1 heterocycles. The molecule has 4 heteroatoms. The first-order valence-corrected chi connectivity index (χ1v) is 3.62. The molecule has 2 atom stereocenters. The van der Waals surface area contributed by atoms with Gasteiger partial charge in [0, 0.05) is 12.5 Å². The molecule has 10 heavy (non-hydrogen) atoms. The first-order valence-electron chi connectivity index (χ1n) is 3.15. The number of thiocarbonyl (C=S) groups is 1. The number of hydrogen-bond donors (Lipinski definition) is 2. The number of nitrogens with one attached hydrogen (secondary N) is 1. The summed E-state index contributed by atoms with van der Waals surface area (Å²) in [4.78, 5) is 10.4. The van der Waals surface area contributed by atoms with Crippen LogP contribution in [0.5, 0.6) is 0 Å². The molecule has 0 amide bonds. The van der Waals surface area contributed by atoms with E-state index >= 15 is 0 Å². The standard InChI is InChI=1S/C6H9NO2S/c8-6(9)5-1-4(3-10)2-7-5/h3-5,7H,1-2H2,(H,8,9)/t4-,5+/m1/s1. The monoisotopic (exact) mass is 159 g/mol. The number of rotatable bonds is 2. The topological polar surface area (TPSA) is 49.3 Å². The average molecular weight is 159 g/mol. The third-order valence-electron chi connectivity index (χ3n) is 1.66. The molecule has 56 valence electrons. The van der Waals surface area contributed by atoms with E-state index in [2.05, 4.69) is 5.32 Å². The summed E-state index contributed by atoms with van der Waals surface area (Å²) in [6, 6.07) is -0.385. The zero-order chi connectivity index (χ0) is 7.56. The van der Waals surface area contributed by atoms with Crippen molar-refractivity contribution in [1.29, 1.82) is 0 Å². The summed E-state index contributed by atoms with van der Waals surface area (Å²) in [5.74, 6) is -0.518. The van der Waals surface area contributed by atoms with Crippen molar-refractivity contribution in [2.24, 2.45) is 5.92 Å². The normalized spacial score (nSPS) is 32.0. The Morgan fingerprint density at radius 1 is 1.80 bits per heavy atom. The summed E-state index contributed by atoms with van der Waals surface area (Å²) in [6.45, 7) is 0.709. The lowest BCUT2D eigenvalue weighted by Crippen LogP contribution is -2.29. The average Bonchev–Trinajstić information content (AvgIpc) is 2.34. The molecular weight excluding hydrogens is 150 g/mol. The lowest BCUT2D eigenvalue weighted by atomic mass is 10.1. The number of hydrogen-bond acceptors (Lipinski definition) is 3. The predicted molar refractivity (Wildman–Crippen MR) is 41.2 cm³/mol. The molecule has 0 aliphatic carbocycles. The van der Waals surface area contributed by atoms with E-state index in [1.54, 1.807) is 5.37 Å². The lowest BCUT2D eigenvalue weighted by Gasteiger charge is -2.00. The van der Waals surface area contributed by atoms with Gasteiger partial charge in [0.1, 0.15) is 6.04 Å². The van der Waals surface area contributed by atoms with Gasteiger partial charge in [-0.05, 0) is 11.8 Å². The van der Waals surface area contributed by atoms with E-state index < -0.39 is 5.97 Å². The van der Waals surface area contributed by atoms with E-state index in [0.717, 1.165) is 0 Å². The van der Waals surface area contributed by atoms with Crippen molar-refractivity contribution in [3.05, 3.63) is 0 Å². The molecule has 0 spiro atoms. The van der Waals surface area contributed by atoms with Crippen LogP contribution < -0.4 is 5.32 Å². The Balaban J connectivity index is 2.42. The third kappa shape index (κ3) is 1.52. The molecule has 1 fully saturated rings. The van der Waals surface area contributed by atoms with Crippen LogP contribution in [0.4, 0.5) is 0 Å². The van der Waals surface area contributed by atoms with Crippen molar-refractivity contribution >= 4 is 23.6 Å². The molecule has 1 aliphatic heterocycles. The molecule has 0 aromatic heterocycles. The molecule has 1 rings (SSSR count). The minimum absolute atomic E-state index is 0.260. The first kappa shape index (κ1) is 7.63. The summed E-state index contributed by atoms with van der Waals surface area (Å²) in [6.07, 6.45) is 0.638. The van der Waals surface area contributed by atoms with Crippen molar-refractivity contribution in [1.82, 2.24) is 5.32 Å². The fourth-order valence-electron chi connectivity index (χ4n) is 1.05. The van der Waals surface area contributed by atoms with Crippen LogP contribution >= 0.6 is 12.2 Å². The van der Waals surface area contributed by atoms with Crippen LogP contribution in [0.3, 0.4) is 0 Å². The van der Waals surface area contributed by atoms with Gasteiger partial charge in [0.2, 0.25) is 0 Å². The molecule has 0 radical (unpaired) electrons. The van der Waals surface area contributed by atoms with E-state index in [9.17, 15) is 4.79 Å². The predicted octanol–water partition coefficient (Wildman–Crippen LogP) is 0.0488. The van der Waals surface area contributed by atoms with Gasteiger partial charge in [-0.25, -0.2) is 0 Å². The van der Waals surface area contributed by atoms with Gasteiger partial charge in [-0.1, -0.05) is 12.2 Å². The van der Waals surface area contributed by atoms with Crippen molar-refractivity contribution in [3.63, 3.8) is 0 Å². The number of carbonyl (C=O) groups is 1. The summed E-state index contributed by atoms with van der Waals surface area (Å²) in [5.41, 5.74) is 0. The summed E-state index contributed by atoms with van der Waals surface area (Å²) in [5, 5.41) is 13.0. The smallest absolute Gasteiger partial charge is 0.320 e. The van der Waals surface area contributed by atoms with Crippen LogP contribution in [0.15, 0.2) is 0 Å². The zero-order valence-corrected chi connectivity index (χ0v) is 6.23. The van der Waals surface area contributed by atoms with Gasteiger partial charge < -0.3 is 10.4 Å². The summed E-state index contributed by atoms with van der Waals surface area (Å²) in [7, 11) is 0. The van der Waals surface area contributed by atoms with Crippen LogP contribution in [0.25, 0.3) is 0 Å². The highest BCUT2D eigenvalue weighted by molar-refractivity contribution is 7.79.